The molecule has 0 aliphatic carbocycles. The molecule has 0 saturated carbocycles. The van der Waals surface area contributed by atoms with Gasteiger partial charge in [-0.2, -0.15) is 0 Å². The van der Waals surface area contributed by atoms with Crippen LogP contribution in [0.15, 0.2) is 22.7 Å². The first-order chi connectivity index (χ1) is 8.73. The number of halogens is 2. The Morgan fingerprint density at radius 3 is 2.42 bits per heavy atom. The third-order valence-electron chi connectivity index (χ3n) is 2.94. The SMILES string of the molecule is CCN(C(=O)c1c(F)cccc1Br)C(C)(C)C(=O)O. The Labute approximate surface area is 119 Å². The molecular weight excluding hydrogens is 317 g/mol. The van der Waals surface area contributed by atoms with Gasteiger partial charge in [-0.25, -0.2) is 9.18 Å². The molecule has 1 aromatic rings. The maximum absolute atomic E-state index is 13.8. The molecule has 0 unspecified atom stereocenters. The van der Waals surface area contributed by atoms with E-state index < -0.39 is 23.2 Å². The van der Waals surface area contributed by atoms with Gasteiger partial charge in [0.25, 0.3) is 5.91 Å². The van der Waals surface area contributed by atoms with Gasteiger partial charge in [-0.15, -0.1) is 0 Å². The van der Waals surface area contributed by atoms with Crippen LogP contribution in [-0.2, 0) is 4.79 Å². The molecule has 0 heterocycles. The lowest BCUT2D eigenvalue weighted by atomic mass is 10.0. The van der Waals surface area contributed by atoms with Crippen LogP contribution >= 0.6 is 15.9 Å². The first kappa shape index (κ1) is 15.6. The average Bonchev–Trinajstić information content (AvgIpc) is 2.28. The molecule has 104 valence electrons. The molecule has 0 saturated heterocycles. The van der Waals surface area contributed by atoms with E-state index in [1.54, 1.807) is 6.92 Å². The van der Waals surface area contributed by atoms with Crippen molar-refractivity contribution in [2.75, 3.05) is 6.54 Å². The van der Waals surface area contributed by atoms with E-state index in [9.17, 15) is 19.1 Å². The third kappa shape index (κ3) is 2.94. The number of nitrogens with zero attached hydrogens (tertiary/aromatic N) is 1. The summed E-state index contributed by atoms with van der Waals surface area (Å²) in [6.45, 7) is 4.63. The quantitative estimate of drug-likeness (QED) is 0.922. The Balaban J connectivity index is 3.28. The zero-order valence-corrected chi connectivity index (χ0v) is 12.5. The van der Waals surface area contributed by atoms with Crippen molar-refractivity contribution >= 4 is 27.8 Å². The minimum absolute atomic E-state index is 0.154. The lowest BCUT2D eigenvalue weighted by Gasteiger charge is -2.34. The lowest BCUT2D eigenvalue weighted by molar-refractivity contribution is -0.147. The summed E-state index contributed by atoms with van der Waals surface area (Å²) >= 11 is 3.11. The summed E-state index contributed by atoms with van der Waals surface area (Å²) in [5.74, 6) is -2.48. The molecule has 4 nitrogen and oxygen atoms in total. The van der Waals surface area contributed by atoms with E-state index in [-0.39, 0.29) is 12.1 Å². The van der Waals surface area contributed by atoms with Gasteiger partial charge in [0, 0.05) is 11.0 Å². The number of rotatable bonds is 4. The Bertz CT molecular complexity index is 496. The van der Waals surface area contributed by atoms with Crippen LogP contribution in [0.1, 0.15) is 31.1 Å². The van der Waals surface area contributed by atoms with Crippen molar-refractivity contribution in [2.24, 2.45) is 0 Å². The summed E-state index contributed by atoms with van der Waals surface area (Å²) < 4.78 is 14.1. The molecule has 0 fully saturated rings. The van der Waals surface area contributed by atoms with Crippen molar-refractivity contribution in [1.29, 1.82) is 0 Å². The van der Waals surface area contributed by atoms with Crippen LogP contribution < -0.4 is 0 Å². The Morgan fingerprint density at radius 1 is 1.42 bits per heavy atom. The fraction of sp³-hybridized carbons (Fsp3) is 0.385. The number of amides is 1. The fourth-order valence-electron chi connectivity index (χ4n) is 1.75. The molecule has 1 aromatic carbocycles. The van der Waals surface area contributed by atoms with Crippen molar-refractivity contribution in [3.8, 4) is 0 Å². The molecule has 6 heteroatoms. The molecule has 0 aliphatic rings. The van der Waals surface area contributed by atoms with Crippen molar-refractivity contribution in [2.45, 2.75) is 26.3 Å². The highest BCUT2D eigenvalue weighted by Crippen LogP contribution is 2.25. The van der Waals surface area contributed by atoms with Gasteiger partial charge in [-0.05, 0) is 48.8 Å². The smallest absolute Gasteiger partial charge is 0.329 e. The number of hydrogen-bond donors (Lipinski definition) is 1. The first-order valence-corrected chi connectivity index (χ1v) is 6.52. The number of carboxylic acid groups (broad SMARTS) is 1. The van der Waals surface area contributed by atoms with Crippen LogP contribution in [0.25, 0.3) is 0 Å². The summed E-state index contributed by atoms with van der Waals surface area (Å²) in [5, 5.41) is 9.18. The van der Waals surface area contributed by atoms with E-state index in [1.165, 1.54) is 32.0 Å². The molecule has 19 heavy (non-hydrogen) atoms. The minimum atomic E-state index is -1.41. The van der Waals surface area contributed by atoms with Crippen LogP contribution in [0.2, 0.25) is 0 Å². The van der Waals surface area contributed by atoms with E-state index in [2.05, 4.69) is 15.9 Å². The van der Waals surface area contributed by atoms with Gasteiger partial charge in [0.05, 0.1) is 5.56 Å². The second-order valence-electron chi connectivity index (χ2n) is 4.51. The number of hydrogen-bond acceptors (Lipinski definition) is 2. The standard InChI is InChI=1S/C13H15BrFNO3/c1-4-16(13(2,3)12(18)19)11(17)10-8(14)6-5-7-9(10)15/h5-7H,4H2,1-3H3,(H,18,19). The van der Waals surface area contributed by atoms with E-state index in [4.69, 9.17) is 0 Å². The average molecular weight is 332 g/mol. The summed E-state index contributed by atoms with van der Waals surface area (Å²) in [6, 6.07) is 4.17. The fourth-order valence-corrected chi connectivity index (χ4v) is 2.26. The predicted octanol–water partition coefficient (Wildman–Crippen LogP) is 2.91. The van der Waals surface area contributed by atoms with Crippen LogP contribution in [0.4, 0.5) is 4.39 Å². The van der Waals surface area contributed by atoms with Gasteiger partial charge in [-0.1, -0.05) is 6.07 Å². The van der Waals surface area contributed by atoms with Crippen LogP contribution in [0.5, 0.6) is 0 Å². The maximum atomic E-state index is 13.8. The lowest BCUT2D eigenvalue weighted by Crippen LogP contribution is -2.53. The monoisotopic (exact) mass is 331 g/mol. The van der Waals surface area contributed by atoms with Gasteiger partial charge in [0.2, 0.25) is 0 Å². The van der Waals surface area contributed by atoms with Crippen LogP contribution in [0, 0.1) is 5.82 Å². The van der Waals surface area contributed by atoms with Gasteiger partial charge in [0.15, 0.2) is 0 Å². The van der Waals surface area contributed by atoms with Crippen molar-refractivity contribution in [3.05, 3.63) is 34.1 Å². The summed E-state index contributed by atoms with van der Waals surface area (Å²) in [4.78, 5) is 24.7. The van der Waals surface area contributed by atoms with Crippen LogP contribution in [-0.4, -0.2) is 34.0 Å². The summed E-state index contributed by atoms with van der Waals surface area (Å²) in [5.41, 5.74) is -1.56. The molecule has 0 atom stereocenters. The van der Waals surface area contributed by atoms with Gasteiger partial charge in [0.1, 0.15) is 11.4 Å². The highest BCUT2D eigenvalue weighted by molar-refractivity contribution is 9.10. The third-order valence-corrected chi connectivity index (χ3v) is 3.60. The van der Waals surface area contributed by atoms with Gasteiger partial charge in [-0.3, -0.25) is 4.79 Å². The van der Waals surface area contributed by atoms with Gasteiger partial charge >= 0.3 is 5.97 Å². The highest BCUT2D eigenvalue weighted by atomic mass is 79.9. The number of likely N-dealkylation sites (N-methyl/N-ethyl adjacent to an activating group) is 1. The van der Waals surface area contributed by atoms with Crippen molar-refractivity contribution < 1.29 is 19.1 Å². The van der Waals surface area contributed by atoms with E-state index >= 15 is 0 Å². The molecular formula is C13H15BrFNO3. The summed E-state index contributed by atoms with van der Waals surface area (Å²) in [6.07, 6.45) is 0. The Morgan fingerprint density at radius 2 is 2.00 bits per heavy atom. The number of benzene rings is 1. The van der Waals surface area contributed by atoms with Crippen molar-refractivity contribution in [1.82, 2.24) is 4.90 Å². The number of carbonyl (C=O) groups excluding carboxylic acids is 1. The Hall–Kier alpha value is -1.43. The molecule has 1 amide bonds. The molecule has 0 spiro atoms. The highest BCUT2D eigenvalue weighted by Gasteiger charge is 2.38. The summed E-state index contributed by atoms with van der Waals surface area (Å²) in [7, 11) is 0. The molecule has 1 rings (SSSR count). The van der Waals surface area contributed by atoms with E-state index in [1.807, 2.05) is 0 Å². The van der Waals surface area contributed by atoms with E-state index in [0.29, 0.717) is 4.47 Å². The zero-order valence-electron chi connectivity index (χ0n) is 10.9. The number of carbonyl (C=O) groups is 2. The largest absolute Gasteiger partial charge is 0.480 e. The second kappa shape index (κ2) is 5.69. The second-order valence-corrected chi connectivity index (χ2v) is 5.36. The number of carboxylic acids is 1. The predicted molar refractivity (Wildman–Crippen MR) is 72.5 cm³/mol. The Kier molecular flexibility index (Phi) is 4.68. The zero-order chi connectivity index (χ0) is 14.8. The minimum Gasteiger partial charge on any atom is -0.480 e. The normalized spacial score (nSPS) is 11.2. The van der Waals surface area contributed by atoms with Crippen LogP contribution in [0.3, 0.4) is 0 Å². The van der Waals surface area contributed by atoms with E-state index in [0.717, 1.165) is 4.90 Å². The first-order valence-electron chi connectivity index (χ1n) is 5.72. The molecule has 1 N–H and O–H groups in total. The van der Waals surface area contributed by atoms with Gasteiger partial charge < -0.3 is 10.0 Å². The topological polar surface area (TPSA) is 57.6 Å². The molecule has 0 bridgehead atoms. The maximum Gasteiger partial charge on any atom is 0.329 e. The molecule has 0 aliphatic heterocycles. The number of aliphatic carboxylic acids is 1. The molecule has 0 radical (unpaired) electrons. The van der Waals surface area contributed by atoms with Crippen molar-refractivity contribution in [3.63, 3.8) is 0 Å². The molecule has 0 aromatic heterocycles.